The molecule has 1 saturated carbocycles. The lowest BCUT2D eigenvalue weighted by Crippen LogP contribution is -2.29. The van der Waals surface area contributed by atoms with Gasteiger partial charge in [0.25, 0.3) is 0 Å². The quantitative estimate of drug-likeness (QED) is 0.887. The highest BCUT2D eigenvalue weighted by atomic mass is 32.2. The predicted octanol–water partition coefficient (Wildman–Crippen LogP) is 2.99. The Morgan fingerprint density at radius 3 is 2.82 bits per heavy atom. The summed E-state index contributed by atoms with van der Waals surface area (Å²) < 4.78 is 1.67. The highest BCUT2D eigenvalue weighted by molar-refractivity contribution is 7.99. The zero-order valence-electron chi connectivity index (χ0n) is 13.1. The monoisotopic (exact) mass is 317 g/mol. The summed E-state index contributed by atoms with van der Waals surface area (Å²) in [6.45, 7) is 4.49. The van der Waals surface area contributed by atoms with Gasteiger partial charge >= 0.3 is 0 Å². The van der Waals surface area contributed by atoms with E-state index in [4.69, 9.17) is 0 Å². The lowest BCUT2D eigenvalue weighted by atomic mass is 10.1. The van der Waals surface area contributed by atoms with E-state index in [0.717, 1.165) is 10.9 Å². The summed E-state index contributed by atoms with van der Waals surface area (Å²) >= 11 is 2.10. The number of tetrazole rings is 1. The number of nitrogens with zero attached hydrogens (tertiary/aromatic N) is 4. The second-order valence-electron chi connectivity index (χ2n) is 5.82. The molecule has 1 aromatic carbocycles. The molecule has 0 amide bonds. The zero-order valence-corrected chi connectivity index (χ0v) is 14.0. The smallest absolute Gasteiger partial charge is 0.143 e. The van der Waals surface area contributed by atoms with Crippen LogP contribution < -0.4 is 5.32 Å². The molecule has 1 N–H and O–H groups in total. The molecule has 0 unspecified atom stereocenters. The van der Waals surface area contributed by atoms with Crippen LogP contribution in [0, 0.1) is 0 Å². The molecule has 0 radical (unpaired) electrons. The van der Waals surface area contributed by atoms with Crippen LogP contribution >= 0.6 is 11.8 Å². The lowest BCUT2D eigenvalue weighted by Gasteiger charge is -2.20. The summed E-state index contributed by atoms with van der Waals surface area (Å²) in [7, 11) is 0. The van der Waals surface area contributed by atoms with Crippen molar-refractivity contribution < 1.29 is 0 Å². The maximum absolute atomic E-state index is 3.91. The standard InChI is InChI=1S/C16H23N5S/c1-3-22-16-9-6-14(10-16)18-12(2)13-4-7-15(8-5-13)21-11-17-19-20-21/h4-5,7-8,11-12,14,16,18H,3,6,9-10H2,1-2H3/t12-,14+,16+/m0/s1. The molecular weight excluding hydrogens is 294 g/mol. The lowest BCUT2D eigenvalue weighted by molar-refractivity contribution is 0.462. The Bertz CT molecular complexity index is 569. The Morgan fingerprint density at radius 2 is 2.14 bits per heavy atom. The predicted molar refractivity (Wildman–Crippen MR) is 90.3 cm³/mol. The SMILES string of the molecule is CCS[C@@H]1CC[C@@H](N[C@@H](C)c2ccc(-n3cnnn3)cc2)C1. The van der Waals surface area contributed by atoms with Crippen molar-refractivity contribution in [1.29, 1.82) is 0 Å². The second-order valence-corrected chi connectivity index (χ2v) is 7.40. The molecule has 3 rings (SSSR count). The highest BCUT2D eigenvalue weighted by Crippen LogP contribution is 2.31. The van der Waals surface area contributed by atoms with Crippen LogP contribution in [0.5, 0.6) is 0 Å². The topological polar surface area (TPSA) is 55.6 Å². The van der Waals surface area contributed by atoms with Gasteiger partial charge in [-0.1, -0.05) is 19.1 Å². The number of hydrogen-bond donors (Lipinski definition) is 1. The maximum Gasteiger partial charge on any atom is 0.143 e. The minimum Gasteiger partial charge on any atom is -0.307 e. The van der Waals surface area contributed by atoms with E-state index in [2.05, 4.69) is 70.7 Å². The number of aromatic nitrogens is 4. The largest absolute Gasteiger partial charge is 0.307 e. The maximum atomic E-state index is 3.91. The third kappa shape index (κ3) is 3.67. The zero-order chi connectivity index (χ0) is 15.4. The number of hydrogen-bond acceptors (Lipinski definition) is 5. The van der Waals surface area contributed by atoms with E-state index in [1.54, 1.807) is 11.0 Å². The van der Waals surface area contributed by atoms with Crippen LogP contribution in [0.25, 0.3) is 5.69 Å². The summed E-state index contributed by atoms with van der Waals surface area (Å²) in [6.07, 6.45) is 5.55. The number of nitrogens with one attached hydrogen (secondary N) is 1. The third-order valence-electron chi connectivity index (χ3n) is 4.28. The van der Waals surface area contributed by atoms with Crippen LogP contribution in [-0.4, -0.2) is 37.3 Å². The van der Waals surface area contributed by atoms with Gasteiger partial charge in [-0.25, -0.2) is 4.68 Å². The molecule has 0 spiro atoms. The van der Waals surface area contributed by atoms with Crippen molar-refractivity contribution in [3.63, 3.8) is 0 Å². The van der Waals surface area contributed by atoms with Gasteiger partial charge in [0.15, 0.2) is 0 Å². The van der Waals surface area contributed by atoms with Crippen molar-refractivity contribution in [2.45, 2.75) is 50.4 Å². The molecule has 3 atom stereocenters. The number of rotatable bonds is 6. The van der Waals surface area contributed by atoms with Crippen LogP contribution in [0.15, 0.2) is 30.6 Å². The Kier molecular flexibility index (Phi) is 5.10. The normalized spacial score (nSPS) is 22.8. The first-order valence-corrected chi connectivity index (χ1v) is 9.02. The summed E-state index contributed by atoms with van der Waals surface area (Å²) in [5.74, 6) is 1.23. The molecule has 1 aliphatic carbocycles. The van der Waals surface area contributed by atoms with E-state index >= 15 is 0 Å². The first-order chi connectivity index (χ1) is 10.8. The van der Waals surface area contributed by atoms with Crippen molar-refractivity contribution in [3.05, 3.63) is 36.2 Å². The van der Waals surface area contributed by atoms with E-state index in [9.17, 15) is 0 Å². The molecular formula is C16H23N5S. The molecule has 22 heavy (non-hydrogen) atoms. The van der Waals surface area contributed by atoms with Gasteiger partial charge in [0.1, 0.15) is 6.33 Å². The molecule has 0 bridgehead atoms. The molecule has 118 valence electrons. The first-order valence-electron chi connectivity index (χ1n) is 7.97. The van der Waals surface area contributed by atoms with Crippen molar-refractivity contribution in [3.8, 4) is 5.69 Å². The van der Waals surface area contributed by atoms with E-state index in [1.807, 2.05) is 0 Å². The molecule has 1 fully saturated rings. The van der Waals surface area contributed by atoms with E-state index < -0.39 is 0 Å². The van der Waals surface area contributed by atoms with Crippen LogP contribution in [-0.2, 0) is 0 Å². The average molecular weight is 317 g/mol. The van der Waals surface area contributed by atoms with Crippen LogP contribution in [0.4, 0.5) is 0 Å². The minimum atomic E-state index is 0.373. The van der Waals surface area contributed by atoms with Gasteiger partial charge in [-0.3, -0.25) is 0 Å². The Hall–Kier alpha value is -1.40. The van der Waals surface area contributed by atoms with Gasteiger partial charge in [0.05, 0.1) is 5.69 Å². The van der Waals surface area contributed by atoms with Crippen LogP contribution in [0.2, 0.25) is 0 Å². The number of thioether (sulfide) groups is 1. The number of benzene rings is 1. The molecule has 1 aromatic heterocycles. The highest BCUT2D eigenvalue weighted by Gasteiger charge is 2.25. The average Bonchev–Trinajstić information content (AvgIpc) is 3.20. The van der Waals surface area contributed by atoms with Gasteiger partial charge < -0.3 is 5.32 Å². The first kappa shape index (κ1) is 15.5. The van der Waals surface area contributed by atoms with Crippen molar-refractivity contribution >= 4 is 11.8 Å². The molecule has 0 saturated heterocycles. The van der Waals surface area contributed by atoms with E-state index in [1.165, 1.54) is 30.6 Å². The van der Waals surface area contributed by atoms with Crippen molar-refractivity contribution in [2.24, 2.45) is 0 Å². The van der Waals surface area contributed by atoms with Crippen molar-refractivity contribution in [2.75, 3.05) is 5.75 Å². The fourth-order valence-electron chi connectivity index (χ4n) is 3.12. The van der Waals surface area contributed by atoms with Gasteiger partial charge in [0, 0.05) is 17.3 Å². The summed E-state index contributed by atoms with van der Waals surface area (Å²) in [5, 5.41) is 15.9. The van der Waals surface area contributed by atoms with Crippen LogP contribution in [0.3, 0.4) is 0 Å². The van der Waals surface area contributed by atoms with Crippen LogP contribution in [0.1, 0.15) is 44.7 Å². The summed E-state index contributed by atoms with van der Waals surface area (Å²) in [6, 6.07) is 9.46. The molecule has 5 nitrogen and oxygen atoms in total. The minimum absolute atomic E-state index is 0.373. The summed E-state index contributed by atoms with van der Waals surface area (Å²) in [5.41, 5.74) is 2.30. The molecule has 0 aliphatic heterocycles. The molecule has 1 aliphatic rings. The van der Waals surface area contributed by atoms with Gasteiger partial charge in [-0.2, -0.15) is 11.8 Å². The fourth-order valence-corrected chi connectivity index (χ4v) is 4.27. The summed E-state index contributed by atoms with van der Waals surface area (Å²) in [4.78, 5) is 0. The van der Waals surface area contributed by atoms with Gasteiger partial charge in [0.2, 0.25) is 0 Å². The third-order valence-corrected chi connectivity index (χ3v) is 5.51. The molecule has 2 aromatic rings. The Labute approximate surface area is 135 Å². The molecule has 6 heteroatoms. The second kappa shape index (κ2) is 7.24. The van der Waals surface area contributed by atoms with Gasteiger partial charge in [-0.05, 0) is 60.1 Å². The van der Waals surface area contributed by atoms with E-state index in [-0.39, 0.29) is 0 Å². The van der Waals surface area contributed by atoms with Crippen molar-refractivity contribution in [1.82, 2.24) is 25.5 Å². The fraction of sp³-hybridized carbons (Fsp3) is 0.562. The Morgan fingerprint density at radius 1 is 1.32 bits per heavy atom. The molecule has 1 heterocycles. The Balaban J connectivity index is 1.57. The van der Waals surface area contributed by atoms with E-state index in [0.29, 0.717) is 12.1 Å². The van der Waals surface area contributed by atoms with Gasteiger partial charge in [-0.15, -0.1) is 5.10 Å².